The number of ether oxygens (including phenoxy) is 1. The minimum absolute atomic E-state index is 0.0407. The molecule has 0 unspecified atom stereocenters. The molecule has 2 aromatic rings. The Bertz CT molecular complexity index is 879. The summed E-state index contributed by atoms with van der Waals surface area (Å²) in [7, 11) is 1.44. The largest absolute Gasteiger partial charge is 0.494 e. The summed E-state index contributed by atoms with van der Waals surface area (Å²) in [6, 6.07) is 9.90. The van der Waals surface area contributed by atoms with Crippen LogP contribution in [0.2, 0.25) is 15.1 Å². The molecule has 2 amide bonds. The van der Waals surface area contributed by atoms with Crippen molar-refractivity contribution in [1.29, 1.82) is 0 Å². The van der Waals surface area contributed by atoms with E-state index in [-0.39, 0.29) is 34.2 Å². The summed E-state index contributed by atoms with van der Waals surface area (Å²) in [5.41, 5.74) is 0.818. The molecule has 8 heteroatoms. The third-order valence-corrected chi connectivity index (χ3v) is 5.56. The van der Waals surface area contributed by atoms with E-state index in [2.05, 4.69) is 5.32 Å². The first-order valence-corrected chi connectivity index (χ1v) is 9.91. The first kappa shape index (κ1) is 20.8. The van der Waals surface area contributed by atoms with E-state index in [1.54, 1.807) is 41.3 Å². The van der Waals surface area contributed by atoms with Crippen molar-refractivity contribution in [2.75, 3.05) is 20.2 Å². The van der Waals surface area contributed by atoms with Crippen molar-refractivity contribution in [3.05, 3.63) is 62.6 Å². The molecule has 1 saturated heterocycles. The molecule has 0 atom stereocenters. The van der Waals surface area contributed by atoms with Gasteiger partial charge in [0.05, 0.1) is 17.2 Å². The van der Waals surface area contributed by atoms with E-state index in [0.717, 1.165) is 0 Å². The number of piperidine rings is 1. The van der Waals surface area contributed by atoms with Gasteiger partial charge in [-0.1, -0.05) is 34.8 Å². The Morgan fingerprint density at radius 2 is 1.61 bits per heavy atom. The van der Waals surface area contributed by atoms with E-state index in [1.807, 2.05) is 0 Å². The number of benzene rings is 2. The lowest BCUT2D eigenvalue weighted by Crippen LogP contribution is -2.46. The number of nitrogens with zero attached hydrogens (tertiary/aromatic N) is 1. The van der Waals surface area contributed by atoms with E-state index < -0.39 is 0 Å². The van der Waals surface area contributed by atoms with Gasteiger partial charge in [0.15, 0.2) is 5.75 Å². The Morgan fingerprint density at radius 3 is 2.21 bits per heavy atom. The monoisotopic (exact) mass is 440 g/mol. The lowest BCUT2D eigenvalue weighted by Gasteiger charge is -2.32. The first-order chi connectivity index (χ1) is 13.4. The maximum absolute atomic E-state index is 12.7. The minimum atomic E-state index is -0.341. The number of hydrogen-bond donors (Lipinski definition) is 1. The lowest BCUT2D eigenvalue weighted by atomic mass is 10.0. The molecule has 0 aromatic heterocycles. The van der Waals surface area contributed by atoms with Gasteiger partial charge >= 0.3 is 0 Å². The Kier molecular flexibility index (Phi) is 6.70. The highest BCUT2D eigenvalue weighted by atomic mass is 35.5. The van der Waals surface area contributed by atoms with Crippen molar-refractivity contribution in [2.45, 2.75) is 18.9 Å². The normalized spacial score (nSPS) is 14.6. The molecular weight excluding hydrogens is 423 g/mol. The summed E-state index contributed by atoms with van der Waals surface area (Å²) in [5.74, 6) is -0.130. The van der Waals surface area contributed by atoms with Gasteiger partial charge in [-0.2, -0.15) is 0 Å². The van der Waals surface area contributed by atoms with Crippen molar-refractivity contribution in [1.82, 2.24) is 10.2 Å². The molecule has 28 heavy (non-hydrogen) atoms. The summed E-state index contributed by atoms with van der Waals surface area (Å²) in [6.45, 7) is 1.10. The van der Waals surface area contributed by atoms with Crippen LogP contribution in [0.3, 0.4) is 0 Å². The number of amides is 2. The fourth-order valence-electron chi connectivity index (χ4n) is 3.20. The standard InChI is InChI=1S/C20H19Cl3N2O3/c1-28-18-16(23)7-6-15(22)17(18)19(26)24-14-8-10-25(11-9-14)20(27)12-2-4-13(21)5-3-12/h2-7,14H,8-11H2,1H3,(H,24,26). The molecule has 0 saturated carbocycles. The molecule has 0 bridgehead atoms. The number of hydrogen-bond acceptors (Lipinski definition) is 3. The number of halogens is 3. The van der Waals surface area contributed by atoms with Gasteiger partial charge in [-0.3, -0.25) is 9.59 Å². The number of methoxy groups -OCH3 is 1. The molecule has 1 fully saturated rings. The maximum atomic E-state index is 12.7. The molecule has 1 aliphatic heterocycles. The fourth-order valence-corrected chi connectivity index (χ4v) is 3.80. The summed E-state index contributed by atoms with van der Waals surface area (Å²) in [6.07, 6.45) is 1.29. The van der Waals surface area contributed by atoms with Gasteiger partial charge in [0.25, 0.3) is 11.8 Å². The topological polar surface area (TPSA) is 58.6 Å². The summed E-state index contributed by atoms with van der Waals surface area (Å²) < 4.78 is 5.23. The molecule has 0 aliphatic carbocycles. The van der Waals surface area contributed by atoms with E-state index >= 15 is 0 Å². The molecule has 1 aliphatic rings. The highest BCUT2D eigenvalue weighted by molar-refractivity contribution is 6.37. The van der Waals surface area contributed by atoms with Gasteiger partial charge in [-0.15, -0.1) is 0 Å². The number of likely N-dealkylation sites (tertiary alicyclic amines) is 1. The van der Waals surface area contributed by atoms with Gasteiger partial charge in [0, 0.05) is 29.7 Å². The van der Waals surface area contributed by atoms with Gasteiger partial charge < -0.3 is 15.0 Å². The summed E-state index contributed by atoms with van der Waals surface area (Å²) >= 11 is 18.1. The molecule has 0 spiro atoms. The molecule has 148 valence electrons. The lowest BCUT2D eigenvalue weighted by molar-refractivity contribution is 0.0698. The summed E-state index contributed by atoms with van der Waals surface area (Å²) in [4.78, 5) is 27.1. The zero-order valence-corrected chi connectivity index (χ0v) is 17.4. The van der Waals surface area contributed by atoms with Crippen LogP contribution in [0.1, 0.15) is 33.6 Å². The predicted octanol–water partition coefficient (Wildman–Crippen LogP) is 4.69. The second-order valence-corrected chi connectivity index (χ2v) is 7.74. The number of carbonyl (C=O) groups is 2. The van der Waals surface area contributed by atoms with E-state index in [9.17, 15) is 9.59 Å². The van der Waals surface area contributed by atoms with Crippen LogP contribution < -0.4 is 10.1 Å². The van der Waals surface area contributed by atoms with Gasteiger partial charge in [-0.05, 0) is 49.2 Å². The first-order valence-electron chi connectivity index (χ1n) is 8.78. The highest BCUT2D eigenvalue weighted by Gasteiger charge is 2.27. The van der Waals surface area contributed by atoms with Gasteiger partial charge in [0.1, 0.15) is 5.56 Å². The molecule has 1 N–H and O–H groups in total. The second-order valence-electron chi connectivity index (χ2n) is 6.48. The Labute approximate surface area is 178 Å². The Balaban J connectivity index is 1.62. The molecular formula is C20H19Cl3N2O3. The second kappa shape index (κ2) is 9.03. The Morgan fingerprint density at radius 1 is 1.00 bits per heavy atom. The van der Waals surface area contributed by atoms with E-state index in [4.69, 9.17) is 39.5 Å². The maximum Gasteiger partial charge on any atom is 0.256 e. The molecule has 1 heterocycles. The zero-order chi connectivity index (χ0) is 20.3. The quantitative estimate of drug-likeness (QED) is 0.749. The average molecular weight is 442 g/mol. The number of carbonyl (C=O) groups excluding carboxylic acids is 2. The molecule has 0 radical (unpaired) electrons. The Hall–Kier alpha value is -1.95. The van der Waals surface area contributed by atoms with Crippen LogP contribution in [-0.2, 0) is 0 Å². The van der Waals surface area contributed by atoms with Gasteiger partial charge in [0.2, 0.25) is 0 Å². The minimum Gasteiger partial charge on any atom is -0.494 e. The third kappa shape index (κ3) is 4.54. The van der Waals surface area contributed by atoms with Crippen molar-refractivity contribution in [3.63, 3.8) is 0 Å². The van der Waals surface area contributed by atoms with Crippen LogP contribution in [0.5, 0.6) is 5.75 Å². The smallest absolute Gasteiger partial charge is 0.256 e. The van der Waals surface area contributed by atoms with Crippen LogP contribution >= 0.6 is 34.8 Å². The molecule has 2 aromatic carbocycles. The molecule has 5 nitrogen and oxygen atoms in total. The SMILES string of the molecule is COc1c(Cl)ccc(Cl)c1C(=O)NC1CCN(C(=O)c2ccc(Cl)cc2)CC1. The van der Waals surface area contributed by atoms with Crippen LogP contribution in [-0.4, -0.2) is 43.0 Å². The predicted molar refractivity (Wildman–Crippen MR) is 111 cm³/mol. The summed E-state index contributed by atoms with van der Waals surface area (Å²) in [5, 5.41) is 4.15. The van der Waals surface area contributed by atoms with Crippen LogP contribution in [0.25, 0.3) is 0 Å². The van der Waals surface area contributed by atoms with Crippen molar-refractivity contribution < 1.29 is 14.3 Å². The number of nitrogens with one attached hydrogen (secondary N) is 1. The van der Waals surface area contributed by atoms with Crippen molar-refractivity contribution >= 4 is 46.6 Å². The van der Waals surface area contributed by atoms with E-state index in [0.29, 0.717) is 41.5 Å². The average Bonchev–Trinajstić information content (AvgIpc) is 2.70. The van der Waals surface area contributed by atoms with Crippen LogP contribution in [0, 0.1) is 0 Å². The molecule has 3 rings (SSSR count). The van der Waals surface area contributed by atoms with Crippen molar-refractivity contribution in [2.24, 2.45) is 0 Å². The number of rotatable bonds is 4. The zero-order valence-electron chi connectivity index (χ0n) is 15.2. The van der Waals surface area contributed by atoms with Crippen LogP contribution in [0.15, 0.2) is 36.4 Å². The van der Waals surface area contributed by atoms with Crippen LogP contribution in [0.4, 0.5) is 0 Å². The third-order valence-electron chi connectivity index (χ3n) is 4.70. The highest BCUT2D eigenvalue weighted by Crippen LogP contribution is 2.34. The van der Waals surface area contributed by atoms with E-state index in [1.165, 1.54) is 7.11 Å². The van der Waals surface area contributed by atoms with Crippen molar-refractivity contribution in [3.8, 4) is 5.75 Å². The fraction of sp³-hybridized carbons (Fsp3) is 0.300. The van der Waals surface area contributed by atoms with Gasteiger partial charge in [-0.25, -0.2) is 0 Å².